The lowest BCUT2D eigenvalue weighted by molar-refractivity contribution is -0.698. The molecule has 1 amide bonds. The molecule has 0 unspecified atom stereocenters. The fourth-order valence-electron chi connectivity index (χ4n) is 2.70. The van der Waals surface area contributed by atoms with Gasteiger partial charge >= 0.3 is 0 Å². The molecule has 27 heavy (non-hydrogen) atoms. The first-order valence-corrected chi connectivity index (χ1v) is 8.72. The molecule has 0 spiro atoms. The number of carbonyl (C=O) groups excluding carboxylic acids is 1. The van der Waals surface area contributed by atoms with Gasteiger partial charge in [-0.2, -0.15) is 4.57 Å². The lowest BCUT2D eigenvalue weighted by Crippen LogP contribution is -2.37. The zero-order chi connectivity index (χ0) is 19.6. The van der Waals surface area contributed by atoms with Gasteiger partial charge in [0.25, 0.3) is 11.6 Å². The molecule has 1 heterocycles. The van der Waals surface area contributed by atoms with Crippen LogP contribution >= 0.6 is 0 Å². The highest BCUT2D eigenvalue weighted by Crippen LogP contribution is 2.19. The third kappa shape index (κ3) is 5.88. The third-order valence-electron chi connectivity index (χ3n) is 4.20. The van der Waals surface area contributed by atoms with Crippen LogP contribution in [0.2, 0.25) is 0 Å². The molecule has 0 atom stereocenters. The van der Waals surface area contributed by atoms with E-state index in [0.717, 1.165) is 31.5 Å². The molecule has 8 heteroatoms. The van der Waals surface area contributed by atoms with Gasteiger partial charge in [-0.3, -0.25) is 14.9 Å². The van der Waals surface area contributed by atoms with E-state index in [0.29, 0.717) is 17.7 Å². The standard InChI is InChI=1S/C19H22N4O4/c1-15-8-9-16(13-18(15)23(26)27)19(24)20-10-4-2-5-11-22-12-6-3-7-17(22)14-21-25/h3,6-9,12-14H,2,4-5,10-11H2,1H3,(H,20,24)/p+1. The fraction of sp³-hybridized carbons (Fsp3) is 0.316. The maximum Gasteiger partial charge on any atom is 0.273 e. The summed E-state index contributed by atoms with van der Waals surface area (Å²) < 4.78 is 1.99. The number of nitrogens with zero attached hydrogens (tertiary/aromatic N) is 3. The zero-order valence-electron chi connectivity index (χ0n) is 15.2. The lowest BCUT2D eigenvalue weighted by Gasteiger charge is -2.06. The Labute approximate surface area is 157 Å². The molecular formula is C19H23N4O4+. The Balaban J connectivity index is 1.75. The summed E-state index contributed by atoms with van der Waals surface area (Å²) in [6.07, 6.45) is 5.93. The maximum absolute atomic E-state index is 12.1. The van der Waals surface area contributed by atoms with Gasteiger partial charge in [-0.1, -0.05) is 11.2 Å². The van der Waals surface area contributed by atoms with Crippen LogP contribution in [0.25, 0.3) is 0 Å². The summed E-state index contributed by atoms with van der Waals surface area (Å²) >= 11 is 0. The number of aryl methyl sites for hydroxylation is 2. The highest BCUT2D eigenvalue weighted by molar-refractivity contribution is 5.94. The Bertz CT molecular complexity index is 836. The minimum absolute atomic E-state index is 0.0511. The van der Waals surface area contributed by atoms with Gasteiger partial charge in [0.1, 0.15) is 12.8 Å². The van der Waals surface area contributed by atoms with E-state index in [1.165, 1.54) is 12.3 Å². The molecular weight excluding hydrogens is 348 g/mol. The van der Waals surface area contributed by atoms with Gasteiger partial charge < -0.3 is 10.5 Å². The number of aromatic nitrogens is 1. The van der Waals surface area contributed by atoms with E-state index in [-0.39, 0.29) is 11.6 Å². The number of benzene rings is 1. The molecule has 2 aromatic rings. The number of unbranched alkanes of at least 4 members (excludes halogenated alkanes) is 2. The number of hydrogen-bond acceptors (Lipinski definition) is 5. The molecule has 0 aliphatic heterocycles. The van der Waals surface area contributed by atoms with Gasteiger partial charge in [0.15, 0.2) is 6.20 Å². The maximum atomic E-state index is 12.1. The third-order valence-corrected chi connectivity index (χ3v) is 4.20. The second kappa shape index (κ2) is 10.0. The first-order valence-electron chi connectivity index (χ1n) is 8.72. The molecule has 1 aromatic carbocycles. The molecule has 0 aliphatic rings. The molecule has 0 saturated carbocycles. The number of carbonyl (C=O) groups is 1. The second-order valence-corrected chi connectivity index (χ2v) is 6.14. The number of hydrogen-bond donors (Lipinski definition) is 2. The molecule has 8 nitrogen and oxygen atoms in total. The van der Waals surface area contributed by atoms with Gasteiger partial charge in [0, 0.05) is 42.3 Å². The van der Waals surface area contributed by atoms with Crippen LogP contribution in [0.4, 0.5) is 5.69 Å². The average Bonchev–Trinajstić information content (AvgIpc) is 2.66. The minimum Gasteiger partial charge on any atom is -0.411 e. The van der Waals surface area contributed by atoms with Crippen molar-refractivity contribution in [1.29, 1.82) is 0 Å². The van der Waals surface area contributed by atoms with E-state index in [4.69, 9.17) is 5.21 Å². The van der Waals surface area contributed by atoms with Crippen LogP contribution in [-0.2, 0) is 6.54 Å². The smallest absolute Gasteiger partial charge is 0.273 e. The minimum atomic E-state index is -0.483. The number of nitrogens with one attached hydrogen (secondary N) is 1. The summed E-state index contributed by atoms with van der Waals surface area (Å²) in [4.78, 5) is 22.6. The predicted octanol–water partition coefficient (Wildman–Crippen LogP) is 2.60. The Hall–Kier alpha value is -3.29. The number of pyridine rings is 1. The topological polar surface area (TPSA) is 109 Å². The van der Waals surface area contributed by atoms with Crippen LogP contribution in [-0.4, -0.2) is 28.8 Å². The summed E-state index contributed by atoms with van der Waals surface area (Å²) in [6, 6.07) is 10.1. The SMILES string of the molecule is Cc1ccc(C(=O)NCCCCC[n+]2ccccc2/C=N/O)cc1[N+](=O)[O-]. The largest absolute Gasteiger partial charge is 0.411 e. The van der Waals surface area contributed by atoms with E-state index < -0.39 is 4.92 Å². The molecule has 2 N–H and O–H groups in total. The van der Waals surface area contributed by atoms with Crippen LogP contribution in [0.3, 0.4) is 0 Å². The van der Waals surface area contributed by atoms with Crippen LogP contribution in [0.5, 0.6) is 0 Å². The molecule has 1 aromatic heterocycles. The van der Waals surface area contributed by atoms with Gasteiger partial charge in [0.2, 0.25) is 5.69 Å². The lowest BCUT2D eigenvalue weighted by atomic mass is 10.1. The van der Waals surface area contributed by atoms with E-state index in [1.54, 1.807) is 19.1 Å². The Kier molecular flexibility index (Phi) is 7.42. The van der Waals surface area contributed by atoms with Crippen molar-refractivity contribution in [3.63, 3.8) is 0 Å². The number of nitro benzene ring substituents is 1. The molecule has 0 aliphatic carbocycles. The van der Waals surface area contributed by atoms with Crippen molar-refractivity contribution < 1.29 is 19.5 Å². The molecule has 0 bridgehead atoms. The van der Waals surface area contributed by atoms with Crippen molar-refractivity contribution in [1.82, 2.24) is 5.32 Å². The van der Waals surface area contributed by atoms with Crippen molar-refractivity contribution in [2.24, 2.45) is 5.16 Å². The Morgan fingerprint density at radius 3 is 2.85 bits per heavy atom. The van der Waals surface area contributed by atoms with Crippen molar-refractivity contribution in [3.05, 3.63) is 69.5 Å². The summed E-state index contributed by atoms with van der Waals surface area (Å²) in [6.45, 7) is 2.92. The fourth-order valence-corrected chi connectivity index (χ4v) is 2.70. The van der Waals surface area contributed by atoms with Crippen molar-refractivity contribution in [2.75, 3.05) is 6.54 Å². The highest BCUT2D eigenvalue weighted by atomic mass is 16.6. The molecule has 0 saturated heterocycles. The number of oxime groups is 1. The summed E-state index contributed by atoms with van der Waals surface area (Å²) in [5, 5.41) is 25.5. The summed E-state index contributed by atoms with van der Waals surface area (Å²) in [5.41, 5.74) is 1.58. The first kappa shape index (κ1) is 20.0. The van der Waals surface area contributed by atoms with Gasteiger partial charge in [0.05, 0.1) is 4.92 Å². The number of rotatable bonds is 9. The monoisotopic (exact) mass is 371 g/mol. The normalized spacial score (nSPS) is 10.9. The Morgan fingerprint density at radius 1 is 1.30 bits per heavy atom. The predicted molar refractivity (Wildman–Crippen MR) is 100 cm³/mol. The van der Waals surface area contributed by atoms with Crippen molar-refractivity contribution in [2.45, 2.75) is 32.7 Å². The zero-order valence-corrected chi connectivity index (χ0v) is 15.2. The van der Waals surface area contributed by atoms with E-state index in [1.807, 2.05) is 29.0 Å². The summed E-state index contributed by atoms with van der Waals surface area (Å²) in [7, 11) is 0. The number of amides is 1. The second-order valence-electron chi connectivity index (χ2n) is 6.14. The van der Waals surface area contributed by atoms with Gasteiger partial charge in [-0.05, 0) is 31.9 Å². The van der Waals surface area contributed by atoms with Crippen LogP contribution < -0.4 is 9.88 Å². The van der Waals surface area contributed by atoms with Crippen molar-refractivity contribution >= 4 is 17.8 Å². The average molecular weight is 371 g/mol. The van der Waals surface area contributed by atoms with Crippen LogP contribution in [0.15, 0.2) is 47.8 Å². The van der Waals surface area contributed by atoms with E-state index >= 15 is 0 Å². The van der Waals surface area contributed by atoms with E-state index in [2.05, 4.69) is 10.5 Å². The molecule has 0 fully saturated rings. The Morgan fingerprint density at radius 2 is 2.11 bits per heavy atom. The van der Waals surface area contributed by atoms with Crippen LogP contribution in [0, 0.1) is 17.0 Å². The van der Waals surface area contributed by atoms with Gasteiger partial charge in [-0.15, -0.1) is 0 Å². The number of nitro groups is 1. The highest BCUT2D eigenvalue weighted by Gasteiger charge is 2.14. The first-order chi connectivity index (χ1) is 13.0. The molecule has 2 rings (SSSR count). The van der Waals surface area contributed by atoms with Gasteiger partial charge in [-0.25, -0.2) is 0 Å². The molecule has 0 radical (unpaired) electrons. The van der Waals surface area contributed by atoms with E-state index in [9.17, 15) is 14.9 Å². The summed E-state index contributed by atoms with van der Waals surface area (Å²) in [5.74, 6) is -0.308. The quantitative estimate of drug-likeness (QED) is 0.176. The van der Waals surface area contributed by atoms with Crippen LogP contribution in [0.1, 0.15) is 40.9 Å². The molecule has 142 valence electrons. The van der Waals surface area contributed by atoms with Crippen molar-refractivity contribution in [3.8, 4) is 0 Å².